The zero-order valence-corrected chi connectivity index (χ0v) is 13.9. The SMILES string of the molecule is CCN(CCNS(=O)(=O)c1ccc(Br)c(N)c1)C1CC1. The van der Waals surface area contributed by atoms with Crippen molar-refractivity contribution < 1.29 is 8.42 Å². The number of halogens is 1. The van der Waals surface area contributed by atoms with Crippen molar-refractivity contribution in [2.45, 2.75) is 30.7 Å². The summed E-state index contributed by atoms with van der Waals surface area (Å²) in [5.41, 5.74) is 6.13. The van der Waals surface area contributed by atoms with Gasteiger partial charge in [0.1, 0.15) is 0 Å². The first-order valence-electron chi connectivity index (χ1n) is 6.73. The number of nitrogens with one attached hydrogen (secondary N) is 1. The van der Waals surface area contributed by atoms with Crippen LogP contribution in [-0.4, -0.2) is 39.0 Å². The highest BCUT2D eigenvalue weighted by molar-refractivity contribution is 9.10. The molecule has 3 N–H and O–H groups in total. The molecule has 112 valence electrons. The Morgan fingerprint density at radius 3 is 2.70 bits per heavy atom. The maximum atomic E-state index is 12.2. The number of nitrogens with zero attached hydrogens (tertiary/aromatic N) is 1. The lowest BCUT2D eigenvalue weighted by Gasteiger charge is -2.19. The summed E-state index contributed by atoms with van der Waals surface area (Å²) in [6, 6.07) is 5.30. The lowest BCUT2D eigenvalue weighted by molar-refractivity contribution is 0.282. The van der Waals surface area contributed by atoms with Crippen molar-refractivity contribution in [1.29, 1.82) is 0 Å². The number of likely N-dealkylation sites (N-methyl/N-ethyl adjacent to an activating group) is 1. The van der Waals surface area contributed by atoms with Crippen LogP contribution in [-0.2, 0) is 10.0 Å². The van der Waals surface area contributed by atoms with Crippen LogP contribution in [0.2, 0.25) is 0 Å². The second kappa shape index (κ2) is 6.43. The average Bonchev–Trinajstić information content (AvgIpc) is 3.22. The van der Waals surface area contributed by atoms with Crippen LogP contribution < -0.4 is 10.5 Å². The fourth-order valence-corrected chi connectivity index (χ4v) is 3.44. The third kappa shape index (κ3) is 3.94. The van der Waals surface area contributed by atoms with Gasteiger partial charge in [0.25, 0.3) is 0 Å². The maximum absolute atomic E-state index is 12.2. The first-order valence-corrected chi connectivity index (χ1v) is 9.00. The van der Waals surface area contributed by atoms with Crippen LogP contribution in [0, 0.1) is 0 Å². The van der Waals surface area contributed by atoms with Crippen LogP contribution in [0.15, 0.2) is 27.6 Å². The monoisotopic (exact) mass is 361 g/mol. The molecule has 0 spiro atoms. The molecule has 1 aliphatic rings. The van der Waals surface area contributed by atoms with Crippen LogP contribution in [0.4, 0.5) is 5.69 Å². The minimum Gasteiger partial charge on any atom is -0.398 e. The second-order valence-corrected chi connectivity index (χ2v) is 7.56. The summed E-state index contributed by atoms with van der Waals surface area (Å²) in [6.45, 7) is 4.22. The summed E-state index contributed by atoms with van der Waals surface area (Å²) < 4.78 is 27.6. The van der Waals surface area contributed by atoms with Gasteiger partial charge in [0.2, 0.25) is 10.0 Å². The van der Waals surface area contributed by atoms with Gasteiger partial charge in [-0.1, -0.05) is 6.92 Å². The van der Waals surface area contributed by atoms with Crippen LogP contribution in [0.25, 0.3) is 0 Å². The molecule has 0 heterocycles. The predicted octanol–water partition coefficient (Wildman–Crippen LogP) is 1.79. The molecule has 1 fully saturated rings. The zero-order chi connectivity index (χ0) is 14.8. The number of benzene rings is 1. The van der Waals surface area contributed by atoms with Crippen molar-refractivity contribution in [2.24, 2.45) is 0 Å². The van der Waals surface area contributed by atoms with E-state index in [1.54, 1.807) is 12.1 Å². The molecule has 0 aliphatic heterocycles. The molecule has 1 aliphatic carbocycles. The van der Waals surface area contributed by atoms with Crippen molar-refractivity contribution >= 4 is 31.6 Å². The molecule has 0 amide bonds. The number of nitrogen functional groups attached to an aromatic ring is 1. The molecule has 7 heteroatoms. The molecule has 0 bridgehead atoms. The van der Waals surface area contributed by atoms with Gasteiger partial charge in [-0.05, 0) is 53.5 Å². The van der Waals surface area contributed by atoms with Gasteiger partial charge < -0.3 is 5.73 Å². The molecule has 0 saturated heterocycles. The van der Waals surface area contributed by atoms with Crippen LogP contribution in [0.1, 0.15) is 19.8 Å². The normalized spacial score (nSPS) is 15.8. The van der Waals surface area contributed by atoms with E-state index in [2.05, 4.69) is 32.5 Å². The van der Waals surface area contributed by atoms with Gasteiger partial charge in [-0.15, -0.1) is 0 Å². The number of hydrogen-bond donors (Lipinski definition) is 2. The standard InChI is InChI=1S/C13H20BrN3O2S/c1-2-17(10-3-4-10)8-7-16-20(18,19)11-5-6-12(14)13(15)9-11/h5-6,9-10,16H,2-4,7-8,15H2,1H3. The van der Waals surface area contributed by atoms with Crippen LogP contribution >= 0.6 is 15.9 Å². The van der Waals surface area contributed by atoms with E-state index in [1.807, 2.05) is 0 Å². The number of nitrogens with two attached hydrogens (primary N) is 1. The summed E-state index contributed by atoms with van der Waals surface area (Å²) in [5.74, 6) is 0. The molecular formula is C13H20BrN3O2S. The van der Waals surface area contributed by atoms with E-state index < -0.39 is 10.0 Å². The van der Waals surface area contributed by atoms with Gasteiger partial charge in [-0.2, -0.15) is 0 Å². The van der Waals surface area contributed by atoms with Gasteiger partial charge in [0.15, 0.2) is 0 Å². The van der Waals surface area contributed by atoms with E-state index in [-0.39, 0.29) is 4.90 Å². The Hall–Kier alpha value is -0.630. The zero-order valence-electron chi connectivity index (χ0n) is 11.5. The highest BCUT2D eigenvalue weighted by Crippen LogP contribution is 2.26. The number of anilines is 1. The summed E-state index contributed by atoms with van der Waals surface area (Å²) >= 11 is 3.25. The Morgan fingerprint density at radius 2 is 2.15 bits per heavy atom. The van der Waals surface area contributed by atoms with Gasteiger partial charge in [0.05, 0.1) is 4.90 Å². The molecule has 2 rings (SSSR count). The summed E-state index contributed by atoms with van der Waals surface area (Å²) in [7, 11) is -3.49. The van der Waals surface area contributed by atoms with Crippen LogP contribution in [0.5, 0.6) is 0 Å². The van der Waals surface area contributed by atoms with Crippen molar-refractivity contribution in [2.75, 3.05) is 25.4 Å². The lowest BCUT2D eigenvalue weighted by Crippen LogP contribution is -2.36. The predicted molar refractivity (Wildman–Crippen MR) is 84.0 cm³/mol. The van der Waals surface area contributed by atoms with Gasteiger partial charge in [-0.25, -0.2) is 13.1 Å². The largest absolute Gasteiger partial charge is 0.398 e. The fourth-order valence-electron chi connectivity index (χ4n) is 2.13. The quantitative estimate of drug-likeness (QED) is 0.726. The Balaban J connectivity index is 1.94. The molecule has 0 aromatic heterocycles. The van der Waals surface area contributed by atoms with E-state index in [0.29, 0.717) is 22.7 Å². The third-order valence-corrected chi connectivity index (χ3v) is 5.62. The average molecular weight is 362 g/mol. The Labute approximate surface area is 128 Å². The molecular weight excluding hydrogens is 342 g/mol. The highest BCUT2D eigenvalue weighted by Gasteiger charge is 2.27. The van der Waals surface area contributed by atoms with E-state index in [0.717, 1.165) is 13.1 Å². The van der Waals surface area contributed by atoms with E-state index in [9.17, 15) is 8.42 Å². The second-order valence-electron chi connectivity index (χ2n) is 4.94. The summed E-state index contributed by atoms with van der Waals surface area (Å²) in [4.78, 5) is 2.51. The molecule has 1 aromatic rings. The highest BCUT2D eigenvalue weighted by atomic mass is 79.9. The van der Waals surface area contributed by atoms with E-state index in [1.165, 1.54) is 18.9 Å². The minimum atomic E-state index is -3.49. The molecule has 5 nitrogen and oxygen atoms in total. The van der Waals surface area contributed by atoms with Crippen LogP contribution in [0.3, 0.4) is 0 Å². The topological polar surface area (TPSA) is 75.4 Å². The smallest absolute Gasteiger partial charge is 0.240 e. The van der Waals surface area contributed by atoms with Crippen molar-refractivity contribution in [3.05, 3.63) is 22.7 Å². The first-order chi connectivity index (χ1) is 9.44. The molecule has 20 heavy (non-hydrogen) atoms. The van der Waals surface area contributed by atoms with Gasteiger partial charge in [0, 0.05) is 29.3 Å². The molecule has 0 atom stereocenters. The Morgan fingerprint density at radius 1 is 1.45 bits per heavy atom. The summed E-state index contributed by atoms with van der Waals surface area (Å²) in [6.07, 6.45) is 2.45. The van der Waals surface area contributed by atoms with Gasteiger partial charge >= 0.3 is 0 Å². The molecule has 1 aromatic carbocycles. The lowest BCUT2D eigenvalue weighted by atomic mass is 10.3. The molecule has 1 saturated carbocycles. The Kier molecular flexibility index (Phi) is 5.06. The fraction of sp³-hybridized carbons (Fsp3) is 0.538. The first kappa shape index (κ1) is 15.8. The van der Waals surface area contributed by atoms with E-state index >= 15 is 0 Å². The number of sulfonamides is 1. The van der Waals surface area contributed by atoms with Crippen molar-refractivity contribution in [3.63, 3.8) is 0 Å². The number of rotatable bonds is 7. The van der Waals surface area contributed by atoms with Crippen molar-refractivity contribution in [1.82, 2.24) is 9.62 Å². The van der Waals surface area contributed by atoms with E-state index in [4.69, 9.17) is 5.73 Å². The van der Waals surface area contributed by atoms with Gasteiger partial charge in [-0.3, -0.25) is 4.90 Å². The third-order valence-electron chi connectivity index (χ3n) is 3.44. The Bertz CT molecular complexity index is 573. The molecule has 0 radical (unpaired) electrons. The molecule has 0 unspecified atom stereocenters. The summed E-state index contributed by atoms with van der Waals surface area (Å²) in [5, 5.41) is 0. The maximum Gasteiger partial charge on any atom is 0.240 e. The number of hydrogen-bond acceptors (Lipinski definition) is 4. The van der Waals surface area contributed by atoms with Crippen molar-refractivity contribution in [3.8, 4) is 0 Å². The minimum absolute atomic E-state index is 0.202.